The third kappa shape index (κ3) is 4.23. The van der Waals surface area contributed by atoms with Gasteiger partial charge in [0.2, 0.25) is 5.69 Å². The highest BCUT2D eigenvalue weighted by atomic mass is 28.3. The van der Waals surface area contributed by atoms with Crippen molar-refractivity contribution < 1.29 is 4.57 Å². The fraction of sp³-hybridized carbons (Fsp3) is 0.522. The van der Waals surface area contributed by atoms with Gasteiger partial charge in [-0.15, -0.1) is 0 Å². The molecular formula is C23H36NSi+. The van der Waals surface area contributed by atoms with E-state index in [1.807, 2.05) is 0 Å². The Morgan fingerprint density at radius 2 is 1.60 bits per heavy atom. The van der Waals surface area contributed by atoms with Crippen molar-refractivity contribution in [3.05, 3.63) is 47.2 Å². The first-order chi connectivity index (χ1) is 11.3. The van der Waals surface area contributed by atoms with Crippen molar-refractivity contribution in [1.82, 2.24) is 0 Å². The lowest BCUT2D eigenvalue weighted by Gasteiger charge is -2.23. The first-order valence-electron chi connectivity index (χ1n) is 9.48. The second-order valence-corrected chi connectivity index (χ2v) is 14.9. The molecule has 1 heterocycles. The molecule has 0 aliphatic rings. The highest BCUT2D eigenvalue weighted by molar-refractivity contribution is 6.89. The number of pyridine rings is 1. The zero-order chi connectivity index (χ0) is 19.2. The molecule has 0 saturated carbocycles. The first-order valence-corrected chi connectivity index (χ1v) is 13.0. The smallest absolute Gasteiger partial charge is 0.201 e. The molecule has 0 aliphatic heterocycles. The third-order valence-corrected chi connectivity index (χ3v) is 7.15. The summed E-state index contributed by atoms with van der Waals surface area (Å²) in [5, 5.41) is 1.59. The molecule has 0 saturated heterocycles. The second-order valence-electron chi connectivity index (χ2n) is 9.82. The Morgan fingerprint density at radius 3 is 2.04 bits per heavy atom. The van der Waals surface area contributed by atoms with Crippen LogP contribution in [-0.4, -0.2) is 8.07 Å². The van der Waals surface area contributed by atoms with Crippen LogP contribution in [0.5, 0.6) is 0 Å². The quantitative estimate of drug-likeness (QED) is 0.509. The van der Waals surface area contributed by atoms with Gasteiger partial charge in [-0.3, -0.25) is 0 Å². The van der Waals surface area contributed by atoms with Crippen molar-refractivity contribution in [3.63, 3.8) is 0 Å². The summed E-state index contributed by atoms with van der Waals surface area (Å²) in [7, 11) is 0.787. The van der Waals surface area contributed by atoms with Gasteiger partial charge in [0.1, 0.15) is 7.05 Å². The van der Waals surface area contributed by atoms with Crippen molar-refractivity contribution in [3.8, 4) is 11.3 Å². The average molecular weight is 355 g/mol. The van der Waals surface area contributed by atoms with Crippen LogP contribution in [-0.2, 0) is 12.5 Å². The van der Waals surface area contributed by atoms with E-state index in [0.717, 1.165) is 0 Å². The summed E-state index contributed by atoms with van der Waals surface area (Å²) in [6.45, 7) is 21.1. The molecule has 25 heavy (non-hydrogen) atoms. The topological polar surface area (TPSA) is 3.88 Å². The maximum Gasteiger partial charge on any atom is 0.212 e. The van der Waals surface area contributed by atoms with Gasteiger partial charge in [0.15, 0.2) is 6.20 Å². The largest absolute Gasteiger partial charge is 0.212 e. The summed E-state index contributed by atoms with van der Waals surface area (Å²) in [5.74, 6) is 0.561. The van der Waals surface area contributed by atoms with Crippen LogP contribution in [0.25, 0.3) is 11.3 Å². The summed E-state index contributed by atoms with van der Waals surface area (Å²) < 4.78 is 2.32. The van der Waals surface area contributed by atoms with Gasteiger partial charge in [-0.2, -0.15) is 0 Å². The normalized spacial score (nSPS) is 12.8. The number of hydrogen-bond donors (Lipinski definition) is 0. The SMILES string of the molecule is Cc1cc(C(C)(C)C)ccc1-c1cc([Si](C)(C)C)c(C(C)C)c[n+]1C. The zero-order valence-corrected chi connectivity index (χ0v) is 18.9. The Balaban J connectivity index is 2.68. The highest BCUT2D eigenvalue weighted by Crippen LogP contribution is 2.28. The Kier molecular flexibility index (Phi) is 5.35. The van der Waals surface area contributed by atoms with Gasteiger partial charge in [0.25, 0.3) is 0 Å². The number of rotatable bonds is 3. The Hall–Kier alpha value is -1.41. The van der Waals surface area contributed by atoms with Crippen LogP contribution >= 0.6 is 0 Å². The highest BCUT2D eigenvalue weighted by Gasteiger charge is 2.27. The molecule has 1 aromatic carbocycles. The lowest BCUT2D eigenvalue weighted by Crippen LogP contribution is -2.45. The van der Waals surface area contributed by atoms with E-state index < -0.39 is 8.07 Å². The molecule has 0 amide bonds. The van der Waals surface area contributed by atoms with Gasteiger partial charge in [0.05, 0.1) is 8.07 Å². The minimum absolute atomic E-state index is 0.191. The fourth-order valence-corrected chi connectivity index (χ4v) is 5.25. The monoisotopic (exact) mass is 354 g/mol. The first kappa shape index (κ1) is 19.9. The van der Waals surface area contributed by atoms with E-state index in [1.54, 1.807) is 5.19 Å². The van der Waals surface area contributed by atoms with E-state index >= 15 is 0 Å². The molecule has 0 radical (unpaired) electrons. The van der Waals surface area contributed by atoms with Crippen LogP contribution in [0, 0.1) is 6.92 Å². The molecule has 0 spiro atoms. The molecule has 136 valence electrons. The van der Waals surface area contributed by atoms with Crippen LogP contribution in [0.1, 0.15) is 57.2 Å². The standard InChI is InChI=1S/C23H36NSi/c1-16(2)20-15-24(7)21(14-22(20)25(8,9)10)19-12-11-18(13-17(19)3)23(4,5)6/h11-16H,1-10H3/q+1. The summed E-state index contributed by atoms with van der Waals surface area (Å²) >= 11 is 0. The second kappa shape index (κ2) is 6.72. The van der Waals surface area contributed by atoms with Crippen molar-refractivity contribution in [2.45, 2.75) is 72.5 Å². The van der Waals surface area contributed by atoms with E-state index in [4.69, 9.17) is 0 Å². The third-order valence-electron chi connectivity index (χ3n) is 5.10. The van der Waals surface area contributed by atoms with Crippen molar-refractivity contribution in [1.29, 1.82) is 0 Å². The van der Waals surface area contributed by atoms with Crippen molar-refractivity contribution >= 4 is 13.3 Å². The van der Waals surface area contributed by atoms with Crippen molar-refractivity contribution in [2.75, 3.05) is 0 Å². The van der Waals surface area contributed by atoms with Gasteiger partial charge in [-0.05, 0) is 40.6 Å². The molecule has 0 bridgehead atoms. The Labute approximate surface area is 156 Å². The zero-order valence-electron chi connectivity index (χ0n) is 17.9. The maximum absolute atomic E-state index is 2.47. The van der Waals surface area contributed by atoms with Gasteiger partial charge < -0.3 is 0 Å². The number of benzene rings is 1. The molecule has 0 N–H and O–H groups in total. The van der Waals surface area contributed by atoms with Crippen LogP contribution in [0.4, 0.5) is 0 Å². The number of aryl methyl sites for hydroxylation is 2. The van der Waals surface area contributed by atoms with Gasteiger partial charge in [-0.25, -0.2) is 4.57 Å². The number of hydrogen-bond acceptors (Lipinski definition) is 0. The van der Waals surface area contributed by atoms with Crippen LogP contribution in [0.2, 0.25) is 19.6 Å². The predicted octanol–water partition coefficient (Wildman–Crippen LogP) is 5.45. The Morgan fingerprint density at radius 1 is 1.00 bits per heavy atom. The van der Waals surface area contributed by atoms with Crippen LogP contribution in [0.3, 0.4) is 0 Å². The van der Waals surface area contributed by atoms with E-state index in [0.29, 0.717) is 5.92 Å². The molecule has 2 rings (SSSR count). The number of nitrogens with zero attached hydrogens (tertiary/aromatic N) is 1. The van der Waals surface area contributed by atoms with Crippen LogP contribution < -0.4 is 9.75 Å². The molecular weight excluding hydrogens is 318 g/mol. The van der Waals surface area contributed by atoms with Gasteiger partial charge in [0, 0.05) is 17.2 Å². The maximum atomic E-state index is 2.47. The minimum atomic E-state index is -1.40. The fourth-order valence-electron chi connectivity index (χ4n) is 3.46. The molecule has 2 heteroatoms. The van der Waals surface area contributed by atoms with Crippen LogP contribution in [0.15, 0.2) is 30.5 Å². The van der Waals surface area contributed by atoms with E-state index in [9.17, 15) is 0 Å². The molecule has 1 nitrogen and oxygen atoms in total. The summed E-state index contributed by atoms with van der Waals surface area (Å²) in [5.41, 5.74) is 7.15. The summed E-state index contributed by atoms with van der Waals surface area (Å²) in [6, 6.07) is 9.45. The summed E-state index contributed by atoms with van der Waals surface area (Å²) in [6.07, 6.45) is 2.37. The molecule has 0 aliphatic carbocycles. The van der Waals surface area contributed by atoms with Gasteiger partial charge in [-0.1, -0.05) is 66.4 Å². The molecule has 0 fully saturated rings. The Bertz CT molecular complexity index is 774. The summed E-state index contributed by atoms with van der Waals surface area (Å²) in [4.78, 5) is 0. The van der Waals surface area contributed by atoms with Crippen molar-refractivity contribution in [2.24, 2.45) is 7.05 Å². The predicted molar refractivity (Wildman–Crippen MR) is 114 cm³/mol. The van der Waals surface area contributed by atoms with E-state index in [1.165, 1.54) is 27.9 Å². The number of aromatic nitrogens is 1. The van der Waals surface area contributed by atoms with Gasteiger partial charge >= 0.3 is 0 Å². The molecule has 1 aromatic heterocycles. The average Bonchev–Trinajstić information content (AvgIpc) is 2.45. The minimum Gasteiger partial charge on any atom is -0.201 e. The van der Waals surface area contributed by atoms with E-state index in [2.05, 4.69) is 103 Å². The molecule has 2 aromatic rings. The van der Waals surface area contributed by atoms with E-state index in [-0.39, 0.29) is 5.41 Å². The lowest BCUT2D eigenvalue weighted by molar-refractivity contribution is -0.660. The lowest BCUT2D eigenvalue weighted by atomic mass is 9.85. The molecule has 0 atom stereocenters. The molecule has 0 unspecified atom stereocenters.